The average molecular weight is 372 g/mol. The third-order valence-electron chi connectivity index (χ3n) is 5.60. The van der Waals surface area contributed by atoms with E-state index in [-0.39, 0.29) is 6.04 Å². The quantitative estimate of drug-likeness (QED) is 0.653. The summed E-state index contributed by atoms with van der Waals surface area (Å²) in [5.74, 6) is -0.892. The molecule has 0 amide bonds. The van der Waals surface area contributed by atoms with E-state index in [1.807, 2.05) is 0 Å². The molecule has 0 saturated carbocycles. The largest absolute Gasteiger partial charge is 0.478 e. The van der Waals surface area contributed by atoms with E-state index in [1.165, 1.54) is 34.0 Å². The van der Waals surface area contributed by atoms with E-state index in [0.717, 1.165) is 24.9 Å². The molecule has 1 aliphatic heterocycles. The SMILES string of the molecule is CCc1ccccc1-c1ccc2c(c1)CN[C@@H]2CCc1cnccc1C(=O)O. The lowest BCUT2D eigenvalue weighted by atomic mass is 9.93. The van der Waals surface area contributed by atoms with Crippen molar-refractivity contribution in [2.45, 2.75) is 38.8 Å². The smallest absolute Gasteiger partial charge is 0.336 e. The summed E-state index contributed by atoms with van der Waals surface area (Å²) in [4.78, 5) is 15.5. The predicted molar refractivity (Wildman–Crippen MR) is 110 cm³/mol. The molecule has 4 rings (SSSR count). The van der Waals surface area contributed by atoms with Crippen molar-refractivity contribution in [3.63, 3.8) is 0 Å². The Morgan fingerprint density at radius 1 is 1.18 bits per heavy atom. The molecule has 2 N–H and O–H groups in total. The second-order valence-corrected chi connectivity index (χ2v) is 7.23. The van der Waals surface area contributed by atoms with Gasteiger partial charge in [-0.15, -0.1) is 0 Å². The fourth-order valence-electron chi connectivity index (χ4n) is 4.11. The molecular weight excluding hydrogens is 348 g/mol. The molecule has 0 spiro atoms. The van der Waals surface area contributed by atoms with E-state index in [9.17, 15) is 9.90 Å². The van der Waals surface area contributed by atoms with Gasteiger partial charge in [-0.2, -0.15) is 0 Å². The first-order valence-corrected chi connectivity index (χ1v) is 9.78. The number of rotatable bonds is 6. The van der Waals surface area contributed by atoms with Crippen molar-refractivity contribution in [3.05, 3.63) is 88.7 Å². The van der Waals surface area contributed by atoms with Crippen LogP contribution in [0.5, 0.6) is 0 Å². The van der Waals surface area contributed by atoms with Gasteiger partial charge in [0.1, 0.15) is 0 Å². The zero-order valence-corrected chi connectivity index (χ0v) is 16.0. The van der Waals surface area contributed by atoms with Crippen molar-refractivity contribution in [1.29, 1.82) is 0 Å². The fraction of sp³-hybridized carbons (Fsp3) is 0.250. The highest BCUT2D eigenvalue weighted by molar-refractivity contribution is 5.89. The van der Waals surface area contributed by atoms with Gasteiger partial charge in [0.05, 0.1) is 5.56 Å². The number of benzene rings is 2. The zero-order valence-electron chi connectivity index (χ0n) is 16.0. The van der Waals surface area contributed by atoms with Crippen molar-refractivity contribution in [2.75, 3.05) is 0 Å². The maximum absolute atomic E-state index is 11.4. The molecule has 0 fully saturated rings. The molecule has 0 bridgehead atoms. The predicted octanol–water partition coefficient (Wildman–Crippen LogP) is 4.79. The Hall–Kier alpha value is -2.98. The number of nitrogens with zero attached hydrogens (tertiary/aromatic N) is 1. The number of nitrogens with one attached hydrogen (secondary N) is 1. The topological polar surface area (TPSA) is 62.2 Å². The van der Waals surface area contributed by atoms with E-state index in [4.69, 9.17) is 0 Å². The minimum atomic E-state index is -0.892. The Labute approximate surface area is 165 Å². The highest BCUT2D eigenvalue weighted by Crippen LogP contribution is 2.33. The summed E-state index contributed by atoms with van der Waals surface area (Å²) in [6.45, 7) is 3.04. The van der Waals surface area contributed by atoms with Gasteiger partial charge in [0.2, 0.25) is 0 Å². The monoisotopic (exact) mass is 372 g/mol. The lowest BCUT2D eigenvalue weighted by Crippen LogP contribution is -2.13. The van der Waals surface area contributed by atoms with E-state index in [2.05, 4.69) is 59.7 Å². The normalized spacial score (nSPS) is 15.4. The zero-order chi connectivity index (χ0) is 19.5. The van der Waals surface area contributed by atoms with E-state index in [1.54, 1.807) is 12.3 Å². The van der Waals surface area contributed by atoms with Crippen LogP contribution < -0.4 is 5.32 Å². The van der Waals surface area contributed by atoms with Crippen molar-refractivity contribution in [1.82, 2.24) is 10.3 Å². The molecule has 1 aromatic heterocycles. The molecular formula is C24H24N2O2. The van der Waals surface area contributed by atoms with Gasteiger partial charge in [0.25, 0.3) is 0 Å². The molecule has 2 heterocycles. The third kappa shape index (κ3) is 3.56. The first kappa shape index (κ1) is 18.4. The molecule has 0 saturated heterocycles. The van der Waals surface area contributed by atoms with Gasteiger partial charge in [-0.3, -0.25) is 4.98 Å². The van der Waals surface area contributed by atoms with Crippen LogP contribution in [-0.4, -0.2) is 16.1 Å². The number of hydrogen-bond acceptors (Lipinski definition) is 3. The number of aromatic nitrogens is 1. The van der Waals surface area contributed by atoms with E-state index < -0.39 is 5.97 Å². The molecule has 4 nitrogen and oxygen atoms in total. The van der Waals surface area contributed by atoms with Crippen LogP contribution in [0.4, 0.5) is 0 Å². The Bertz CT molecular complexity index is 1010. The summed E-state index contributed by atoms with van der Waals surface area (Å²) in [6, 6.07) is 17.1. The van der Waals surface area contributed by atoms with Crippen LogP contribution in [-0.2, 0) is 19.4 Å². The summed E-state index contributed by atoms with van der Waals surface area (Å²) < 4.78 is 0. The van der Waals surface area contributed by atoms with Gasteiger partial charge in [0, 0.05) is 25.0 Å². The summed E-state index contributed by atoms with van der Waals surface area (Å²) in [5, 5.41) is 12.9. The summed E-state index contributed by atoms with van der Waals surface area (Å²) in [5.41, 5.74) is 7.72. The lowest BCUT2D eigenvalue weighted by molar-refractivity contribution is 0.0695. The van der Waals surface area contributed by atoms with Crippen molar-refractivity contribution >= 4 is 5.97 Å². The molecule has 28 heavy (non-hydrogen) atoms. The van der Waals surface area contributed by atoms with Crippen LogP contribution in [0, 0.1) is 0 Å². The van der Waals surface area contributed by atoms with Gasteiger partial charge in [-0.25, -0.2) is 4.79 Å². The maximum Gasteiger partial charge on any atom is 0.336 e. The van der Waals surface area contributed by atoms with Crippen LogP contribution in [0.3, 0.4) is 0 Å². The molecule has 1 aliphatic rings. The fourth-order valence-corrected chi connectivity index (χ4v) is 4.11. The lowest BCUT2D eigenvalue weighted by Gasteiger charge is -2.14. The molecule has 2 aromatic carbocycles. The van der Waals surface area contributed by atoms with Gasteiger partial charge < -0.3 is 10.4 Å². The number of carbonyl (C=O) groups is 1. The third-order valence-corrected chi connectivity index (χ3v) is 5.60. The molecule has 3 aromatic rings. The Balaban J connectivity index is 1.54. The van der Waals surface area contributed by atoms with Crippen LogP contribution in [0.15, 0.2) is 60.9 Å². The second kappa shape index (κ2) is 7.95. The molecule has 142 valence electrons. The van der Waals surface area contributed by atoms with Crippen LogP contribution in [0.1, 0.15) is 52.0 Å². The Morgan fingerprint density at radius 2 is 2.04 bits per heavy atom. The van der Waals surface area contributed by atoms with Gasteiger partial charge >= 0.3 is 5.97 Å². The highest BCUT2D eigenvalue weighted by Gasteiger charge is 2.23. The Morgan fingerprint density at radius 3 is 2.86 bits per heavy atom. The number of aromatic carboxylic acids is 1. The average Bonchev–Trinajstić information content (AvgIpc) is 3.14. The first-order chi connectivity index (χ1) is 13.7. The summed E-state index contributed by atoms with van der Waals surface area (Å²) in [7, 11) is 0. The maximum atomic E-state index is 11.4. The number of hydrogen-bond donors (Lipinski definition) is 2. The molecule has 1 atom stereocenters. The minimum Gasteiger partial charge on any atom is -0.478 e. The molecule has 4 heteroatoms. The van der Waals surface area contributed by atoms with E-state index in [0.29, 0.717) is 12.0 Å². The van der Waals surface area contributed by atoms with Crippen LogP contribution in [0.25, 0.3) is 11.1 Å². The second-order valence-electron chi connectivity index (χ2n) is 7.23. The van der Waals surface area contributed by atoms with Gasteiger partial charge in [-0.05, 0) is 64.8 Å². The Kier molecular flexibility index (Phi) is 5.22. The van der Waals surface area contributed by atoms with Gasteiger partial charge in [-0.1, -0.05) is 43.3 Å². The standard InChI is InChI=1S/C24H24N2O2/c1-2-16-5-3-4-6-20(16)17-7-9-21-19(13-17)15-26-23(21)10-8-18-14-25-12-11-22(18)24(27)28/h3-7,9,11-14,23,26H,2,8,10,15H2,1H3,(H,27,28)/t23-/m1/s1. The summed E-state index contributed by atoms with van der Waals surface area (Å²) >= 11 is 0. The van der Waals surface area contributed by atoms with Crippen molar-refractivity contribution in [2.24, 2.45) is 0 Å². The molecule has 0 aliphatic carbocycles. The highest BCUT2D eigenvalue weighted by atomic mass is 16.4. The minimum absolute atomic E-state index is 0.243. The van der Waals surface area contributed by atoms with Gasteiger partial charge in [0.15, 0.2) is 0 Å². The number of fused-ring (bicyclic) bond motifs is 1. The van der Waals surface area contributed by atoms with Crippen molar-refractivity contribution < 1.29 is 9.90 Å². The number of aryl methyl sites for hydroxylation is 2. The number of carboxylic acid groups (broad SMARTS) is 1. The molecule has 0 radical (unpaired) electrons. The molecule has 0 unspecified atom stereocenters. The van der Waals surface area contributed by atoms with Crippen LogP contribution >= 0.6 is 0 Å². The van der Waals surface area contributed by atoms with Crippen LogP contribution in [0.2, 0.25) is 0 Å². The number of pyridine rings is 1. The first-order valence-electron chi connectivity index (χ1n) is 9.78. The van der Waals surface area contributed by atoms with Crippen molar-refractivity contribution in [3.8, 4) is 11.1 Å². The number of carboxylic acids is 1. The van der Waals surface area contributed by atoms with E-state index >= 15 is 0 Å². The summed E-state index contributed by atoms with van der Waals surface area (Å²) in [6.07, 6.45) is 5.76.